The Morgan fingerprint density at radius 1 is 0.900 bits per heavy atom. The highest BCUT2D eigenvalue weighted by atomic mass is 16.4. The first-order valence-corrected chi connectivity index (χ1v) is 9.70. The number of amides is 3. The molecular weight excluding hydrogens is 396 g/mol. The van der Waals surface area contributed by atoms with Gasteiger partial charge in [0.05, 0.1) is 6.54 Å². The monoisotopic (exact) mass is 430 g/mol. The average molecular weight is 431 g/mol. The Hall–Kier alpha value is -2.93. The van der Waals surface area contributed by atoms with E-state index in [0.29, 0.717) is 25.8 Å². The van der Waals surface area contributed by atoms with Crippen LogP contribution < -0.4 is 38.9 Å². The number of carboxylic acid groups (broad SMARTS) is 1. The third kappa shape index (κ3) is 11.8. The zero-order chi connectivity index (χ0) is 23.1. The molecule has 0 aliphatic carbocycles. The number of carbonyl (C=O) groups excluding carboxylic acids is 3. The maximum Gasteiger partial charge on any atom is 0.325 e. The number of guanidine groups is 1. The summed E-state index contributed by atoms with van der Waals surface area (Å²) >= 11 is 0. The van der Waals surface area contributed by atoms with E-state index in [9.17, 15) is 19.2 Å². The smallest absolute Gasteiger partial charge is 0.325 e. The van der Waals surface area contributed by atoms with Gasteiger partial charge < -0.3 is 44.0 Å². The molecule has 30 heavy (non-hydrogen) atoms. The SMILES string of the molecule is CC(NC(=O)C(CCCCN)NC(=O)C(CCCN=C(N)N)NC(=O)CN)C(=O)O. The van der Waals surface area contributed by atoms with Crippen molar-refractivity contribution in [1.82, 2.24) is 16.0 Å². The largest absolute Gasteiger partial charge is 0.480 e. The summed E-state index contributed by atoms with van der Waals surface area (Å²) in [5, 5.41) is 16.4. The minimum atomic E-state index is -1.21. The van der Waals surface area contributed by atoms with E-state index < -0.39 is 41.8 Å². The summed E-state index contributed by atoms with van der Waals surface area (Å²) < 4.78 is 0. The van der Waals surface area contributed by atoms with Gasteiger partial charge in [-0.2, -0.15) is 0 Å². The maximum absolute atomic E-state index is 12.7. The zero-order valence-electron chi connectivity index (χ0n) is 17.2. The topological polar surface area (TPSA) is 241 Å². The highest BCUT2D eigenvalue weighted by molar-refractivity contribution is 5.93. The van der Waals surface area contributed by atoms with Gasteiger partial charge >= 0.3 is 5.97 Å². The lowest BCUT2D eigenvalue weighted by molar-refractivity contribution is -0.141. The van der Waals surface area contributed by atoms with Crippen molar-refractivity contribution in [2.75, 3.05) is 19.6 Å². The average Bonchev–Trinajstić information content (AvgIpc) is 2.68. The third-order valence-corrected chi connectivity index (χ3v) is 4.09. The van der Waals surface area contributed by atoms with Crippen LogP contribution in [0.4, 0.5) is 0 Å². The van der Waals surface area contributed by atoms with Crippen molar-refractivity contribution in [2.24, 2.45) is 27.9 Å². The van der Waals surface area contributed by atoms with Gasteiger partial charge in [-0.15, -0.1) is 0 Å². The van der Waals surface area contributed by atoms with Gasteiger partial charge in [-0.05, 0) is 45.6 Å². The van der Waals surface area contributed by atoms with E-state index in [2.05, 4.69) is 20.9 Å². The van der Waals surface area contributed by atoms with Crippen molar-refractivity contribution in [3.8, 4) is 0 Å². The van der Waals surface area contributed by atoms with E-state index in [-0.39, 0.29) is 31.9 Å². The normalized spacial score (nSPS) is 13.4. The molecular formula is C17H34N8O5. The van der Waals surface area contributed by atoms with Crippen LogP contribution >= 0.6 is 0 Å². The predicted octanol–water partition coefficient (Wildman–Crippen LogP) is -3.31. The fourth-order valence-electron chi connectivity index (χ4n) is 2.44. The number of carboxylic acids is 1. The third-order valence-electron chi connectivity index (χ3n) is 4.09. The number of hydrogen-bond acceptors (Lipinski definition) is 7. The lowest BCUT2D eigenvalue weighted by Gasteiger charge is -2.24. The second-order valence-corrected chi connectivity index (χ2v) is 6.69. The van der Waals surface area contributed by atoms with Crippen molar-refractivity contribution in [3.05, 3.63) is 0 Å². The van der Waals surface area contributed by atoms with E-state index in [4.69, 9.17) is 28.0 Å². The summed E-state index contributed by atoms with van der Waals surface area (Å²) in [4.78, 5) is 51.7. The van der Waals surface area contributed by atoms with Crippen LogP contribution in [0, 0.1) is 0 Å². The minimum absolute atomic E-state index is 0.0915. The molecule has 3 unspecified atom stereocenters. The van der Waals surface area contributed by atoms with Gasteiger partial charge in [0.25, 0.3) is 0 Å². The van der Waals surface area contributed by atoms with E-state index in [1.54, 1.807) is 0 Å². The molecule has 0 spiro atoms. The molecule has 13 nitrogen and oxygen atoms in total. The van der Waals surface area contributed by atoms with Crippen LogP contribution in [0.1, 0.15) is 39.0 Å². The molecule has 0 aromatic rings. The molecule has 0 aromatic heterocycles. The quantitative estimate of drug-likeness (QED) is 0.0735. The number of nitrogens with zero attached hydrogens (tertiary/aromatic N) is 1. The molecule has 0 rings (SSSR count). The molecule has 0 fully saturated rings. The lowest BCUT2D eigenvalue weighted by atomic mass is 10.1. The van der Waals surface area contributed by atoms with Gasteiger partial charge in [0, 0.05) is 6.54 Å². The van der Waals surface area contributed by atoms with Gasteiger partial charge in [0.1, 0.15) is 18.1 Å². The van der Waals surface area contributed by atoms with Crippen molar-refractivity contribution < 1.29 is 24.3 Å². The van der Waals surface area contributed by atoms with Crippen molar-refractivity contribution in [3.63, 3.8) is 0 Å². The number of nitrogens with two attached hydrogens (primary N) is 4. The van der Waals surface area contributed by atoms with Crippen molar-refractivity contribution >= 4 is 29.7 Å². The number of hydrogen-bond donors (Lipinski definition) is 8. The van der Waals surface area contributed by atoms with Gasteiger partial charge in [-0.1, -0.05) is 0 Å². The first-order chi connectivity index (χ1) is 14.1. The van der Waals surface area contributed by atoms with E-state index >= 15 is 0 Å². The summed E-state index contributed by atoms with van der Waals surface area (Å²) in [7, 11) is 0. The Balaban J connectivity index is 5.19. The highest BCUT2D eigenvalue weighted by Crippen LogP contribution is 2.05. The molecule has 13 heteroatoms. The second kappa shape index (κ2) is 15.0. The van der Waals surface area contributed by atoms with E-state index in [0.717, 1.165) is 0 Å². The molecule has 0 aliphatic heterocycles. The van der Waals surface area contributed by atoms with Gasteiger partial charge in [0.2, 0.25) is 17.7 Å². The Bertz CT molecular complexity index is 609. The highest BCUT2D eigenvalue weighted by Gasteiger charge is 2.27. The Labute approximate surface area is 175 Å². The minimum Gasteiger partial charge on any atom is -0.480 e. The van der Waals surface area contributed by atoms with Crippen LogP contribution in [-0.2, 0) is 19.2 Å². The second-order valence-electron chi connectivity index (χ2n) is 6.69. The predicted molar refractivity (Wildman–Crippen MR) is 111 cm³/mol. The summed E-state index contributed by atoms with van der Waals surface area (Å²) in [6.07, 6.45) is 2.02. The van der Waals surface area contributed by atoms with Crippen LogP contribution in [0.2, 0.25) is 0 Å². The molecule has 0 heterocycles. The molecule has 0 saturated heterocycles. The van der Waals surface area contributed by atoms with Gasteiger partial charge in [-0.25, -0.2) is 0 Å². The molecule has 0 aliphatic rings. The molecule has 0 radical (unpaired) electrons. The number of aliphatic carboxylic acids is 1. The van der Waals surface area contributed by atoms with Crippen LogP contribution in [-0.4, -0.2) is 72.5 Å². The fourth-order valence-corrected chi connectivity index (χ4v) is 2.44. The van der Waals surface area contributed by atoms with Crippen LogP contribution in [0.15, 0.2) is 4.99 Å². The summed E-state index contributed by atoms with van der Waals surface area (Å²) in [6.45, 7) is 1.66. The zero-order valence-corrected chi connectivity index (χ0v) is 17.2. The van der Waals surface area contributed by atoms with Crippen molar-refractivity contribution in [2.45, 2.75) is 57.2 Å². The Morgan fingerprint density at radius 2 is 1.47 bits per heavy atom. The van der Waals surface area contributed by atoms with Gasteiger partial charge in [-0.3, -0.25) is 24.2 Å². The van der Waals surface area contributed by atoms with Crippen LogP contribution in [0.5, 0.6) is 0 Å². The molecule has 172 valence electrons. The number of carbonyl (C=O) groups is 4. The molecule has 3 atom stereocenters. The first kappa shape index (κ1) is 27.1. The molecule has 0 aromatic carbocycles. The number of rotatable bonds is 15. The van der Waals surface area contributed by atoms with E-state index in [1.807, 2.05) is 0 Å². The Kier molecular flexibility index (Phi) is 13.5. The van der Waals surface area contributed by atoms with E-state index in [1.165, 1.54) is 6.92 Å². The number of unbranched alkanes of at least 4 members (excludes halogenated alkanes) is 1. The molecule has 3 amide bonds. The number of nitrogens with one attached hydrogen (secondary N) is 3. The summed E-state index contributed by atoms with van der Waals surface area (Å²) in [5.41, 5.74) is 21.3. The standard InChI is InChI=1S/C17H34N8O5/c1-10(16(29)30)23-14(27)12(5-2-3-7-18)25-15(28)11(24-13(26)9-19)6-4-8-22-17(20)21/h10-12H,2-9,18-19H2,1H3,(H,23,27)(H,24,26)(H,25,28)(H,29,30)(H4,20,21,22). The molecule has 0 saturated carbocycles. The Morgan fingerprint density at radius 3 is 2.00 bits per heavy atom. The summed E-state index contributed by atoms with van der Waals surface area (Å²) in [6, 6.07) is -3.07. The van der Waals surface area contributed by atoms with Crippen LogP contribution in [0.25, 0.3) is 0 Å². The first-order valence-electron chi connectivity index (χ1n) is 9.70. The number of aliphatic imine (C=N–C) groups is 1. The summed E-state index contributed by atoms with van der Waals surface area (Å²) in [5.74, 6) is -3.08. The lowest BCUT2D eigenvalue weighted by Crippen LogP contribution is -2.55. The molecule has 0 bridgehead atoms. The fraction of sp³-hybridized carbons (Fsp3) is 0.706. The van der Waals surface area contributed by atoms with Crippen LogP contribution in [0.3, 0.4) is 0 Å². The van der Waals surface area contributed by atoms with Gasteiger partial charge in [0.15, 0.2) is 5.96 Å². The maximum atomic E-state index is 12.7. The van der Waals surface area contributed by atoms with Crippen molar-refractivity contribution in [1.29, 1.82) is 0 Å². The molecule has 12 N–H and O–H groups in total.